The largest absolute Gasteiger partial charge is 0.333 e. The van der Waals surface area contributed by atoms with Gasteiger partial charge < -0.3 is 5.73 Å². The quantitative estimate of drug-likeness (QED) is 0.738. The van der Waals surface area contributed by atoms with E-state index >= 15 is 0 Å². The van der Waals surface area contributed by atoms with Crippen molar-refractivity contribution in [3.8, 4) is 0 Å². The van der Waals surface area contributed by atoms with Gasteiger partial charge in [-0.3, -0.25) is 0 Å². The highest BCUT2D eigenvalue weighted by molar-refractivity contribution is 5.25. The predicted octanol–water partition coefficient (Wildman–Crippen LogP) is 2.78. The monoisotopic (exact) mass is 177 g/mol. The molecule has 0 aromatic heterocycles. The number of hydrogen-bond donors (Lipinski definition) is 1. The van der Waals surface area contributed by atoms with Gasteiger partial charge in [-0.15, -0.1) is 0 Å². The van der Waals surface area contributed by atoms with E-state index in [0.717, 1.165) is 11.8 Å². The van der Waals surface area contributed by atoms with Gasteiger partial charge in [0.05, 0.1) is 0 Å². The Bertz CT molecular complexity index is 230. The summed E-state index contributed by atoms with van der Waals surface area (Å²) in [6.07, 6.45) is 2.76. The van der Waals surface area contributed by atoms with Gasteiger partial charge in [0.15, 0.2) is 0 Å². The van der Waals surface area contributed by atoms with E-state index in [2.05, 4.69) is 43.0 Å². The Kier molecular flexibility index (Phi) is 3.97. The number of rotatable bonds is 2. The third kappa shape index (κ3) is 2.56. The topological polar surface area (TPSA) is 26.0 Å². The van der Waals surface area contributed by atoms with Gasteiger partial charge in [0.2, 0.25) is 0 Å². The van der Waals surface area contributed by atoms with E-state index in [9.17, 15) is 0 Å². The number of nitrogens with two attached hydrogens (primary N) is 1. The molecule has 1 fully saturated rings. The second-order valence-corrected chi connectivity index (χ2v) is 3.42. The molecule has 1 saturated carbocycles. The second-order valence-electron chi connectivity index (χ2n) is 3.42. The molecule has 0 heterocycles. The van der Waals surface area contributed by atoms with Crippen molar-refractivity contribution in [1.29, 1.82) is 0 Å². The van der Waals surface area contributed by atoms with Gasteiger partial charge in [0, 0.05) is 0 Å². The van der Waals surface area contributed by atoms with Crippen molar-refractivity contribution in [2.24, 2.45) is 11.7 Å². The van der Waals surface area contributed by atoms with E-state index in [1.54, 1.807) is 5.56 Å². The summed E-state index contributed by atoms with van der Waals surface area (Å²) >= 11 is 0. The van der Waals surface area contributed by atoms with E-state index in [1.165, 1.54) is 19.9 Å². The van der Waals surface area contributed by atoms with Crippen molar-refractivity contribution in [2.45, 2.75) is 25.7 Å². The molecular weight excluding hydrogens is 158 g/mol. The fourth-order valence-electron chi connectivity index (χ4n) is 1.81. The molecule has 1 aromatic rings. The first kappa shape index (κ1) is 10.3. The lowest BCUT2D eigenvalue weighted by molar-refractivity contribution is 0.766. The molecule has 0 bridgehead atoms. The number of benzene rings is 1. The summed E-state index contributed by atoms with van der Waals surface area (Å²) in [6.45, 7) is 2.29. The molecule has 72 valence electrons. The molecule has 1 nitrogen and oxygen atoms in total. The summed E-state index contributed by atoms with van der Waals surface area (Å²) in [5, 5.41) is 0. The van der Waals surface area contributed by atoms with E-state index in [0.29, 0.717) is 0 Å². The van der Waals surface area contributed by atoms with Crippen molar-refractivity contribution in [3.63, 3.8) is 0 Å². The molecule has 1 heteroatoms. The summed E-state index contributed by atoms with van der Waals surface area (Å²) in [5.74, 6) is 1.87. The van der Waals surface area contributed by atoms with E-state index in [4.69, 9.17) is 0 Å². The van der Waals surface area contributed by atoms with Crippen LogP contribution in [0.3, 0.4) is 0 Å². The maximum Gasteiger partial charge on any atom is -0.0131 e. The fourth-order valence-corrected chi connectivity index (χ4v) is 1.81. The molecule has 13 heavy (non-hydrogen) atoms. The first-order valence-electron chi connectivity index (χ1n) is 5.04. The molecule has 2 N–H and O–H groups in total. The SMILES string of the molecule is CCC1CC1c1ccccc1.CN. The van der Waals surface area contributed by atoms with Crippen LogP contribution in [0.1, 0.15) is 31.2 Å². The molecule has 0 saturated heterocycles. The van der Waals surface area contributed by atoms with Crippen LogP contribution in [0.5, 0.6) is 0 Å². The van der Waals surface area contributed by atoms with Crippen molar-refractivity contribution in [2.75, 3.05) is 7.05 Å². The van der Waals surface area contributed by atoms with Gasteiger partial charge in [0.25, 0.3) is 0 Å². The van der Waals surface area contributed by atoms with Crippen LogP contribution in [0.25, 0.3) is 0 Å². The van der Waals surface area contributed by atoms with Crippen LogP contribution in [0, 0.1) is 5.92 Å². The molecule has 2 unspecified atom stereocenters. The van der Waals surface area contributed by atoms with Crippen molar-refractivity contribution < 1.29 is 0 Å². The molecule has 0 amide bonds. The molecule has 0 radical (unpaired) electrons. The minimum absolute atomic E-state index is 0.890. The van der Waals surface area contributed by atoms with Crippen LogP contribution < -0.4 is 5.73 Å². The number of hydrogen-bond acceptors (Lipinski definition) is 1. The Hall–Kier alpha value is -0.820. The van der Waals surface area contributed by atoms with Gasteiger partial charge in [0.1, 0.15) is 0 Å². The van der Waals surface area contributed by atoms with E-state index < -0.39 is 0 Å². The molecule has 1 aliphatic rings. The zero-order chi connectivity index (χ0) is 9.68. The van der Waals surface area contributed by atoms with Gasteiger partial charge in [-0.25, -0.2) is 0 Å². The van der Waals surface area contributed by atoms with Crippen molar-refractivity contribution in [3.05, 3.63) is 35.9 Å². The third-order valence-electron chi connectivity index (χ3n) is 2.67. The fraction of sp³-hybridized carbons (Fsp3) is 0.500. The van der Waals surface area contributed by atoms with E-state index in [1.807, 2.05) is 0 Å². The first-order chi connectivity index (χ1) is 6.42. The molecule has 1 aromatic carbocycles. The molecule has 2 rings (SSSR count). The van der Waals surface area contributed by atoms with Crippen LogP contribution in [0.4, 0.5) is 0 Å². The Balaban J connectivity index is 0.000000396. The second kappa shape index (κ2) is 5.03. The zero-order valence-electron chi connectivity index (χ0n) is 8.53. The maximum absolute atomic E-state index is 4.50. The lowest BCUT2D eigenvalue weighted by Crippen LogP contribution is -1.80. The zero-order valence-corrected chi connectivity index (χ0v) is 8.53. The molecule has 0 spiro atoms. The normalized spacial score (nSPS) is 24.5. The summed E-state index contributed by atoms with van der Waals surface area (Å²) in [6, 6.07) is 10.9. The van der Waals surface area contributed by atoms with Crippen LogP contribution in [-0.4, -0.2) is 7.05 Å². The van der Waals surface area contributed by atoms with E-state index in [-0.39, 0.29) is 0 Å². The van der Waals surface area contributed by atoms with Gasteiger partial charge >= 0.3 is 0 Å². The highest BCUT2D eigenvalue weighted by Gasteiger charge is 2.35. The highest BCUT2D eigenvalue weighted by atomic mass is 14.4. The molecule has 2 atom stereocenters. The Morgan fingerprint density at radius 2 is 1.85 bits per heavy atom. The average Bonchev–Trinajstić information content (AvgIpc) is 3.01. The molecular formula is C12H19N. The Labute approximate surface area is 81.0 Å². The summed E-state index contributed by atoms with van der Waals surface area (Å²) in [7, 11) is 1.50. The summed E-state index contributed by atoms with van der Waals surface area (Å²) < 4.78 is 0. The van der Waals surface area contributed by atoms with Crippen molar-refractivity contribution in [1.82, 2.24) is 0 Å². The van der Waals surface area contributed by atoms with Crippen LogP contribution in [0.2, 0.25) is 0 Å². The molecule has 1 aliphatic carbocycles. The summed E-state index contributed by atoms with van der Waals surface area (Å²) in [5.41, 5.74) is 6.04. The Morgan fingerprint density at radius 1 is 1.23 bits per heavy atom. The lowest BCUT2D eigenvalue weighted by Gasteiger charge is -1.96. The standard InChI is InChI=1S/C11H14.CH5N/c1-2-9-8-11(9)10-6-4-3-5-7-10;1-2/h3-7,9,11H,2,8H2,1H3;2H2,1H3. The summed E-state index contributed by atoms with van der Waals surface area (Å²) in [4.78, 5) is 0. The van der Waals surface area contributed by atoms with Gasteiger partial charge in [-0.05, 0) is 30.9 Å². The minimum atomic E-state index is 0.890. The van der Waals surface area contributed by atoms with Crippen LogP contribution >= 0.6 is 0 Å². The average molecular weight is 177 g/mol. The Morgan fingerprint density at radius 3 is 2.31 bits per heavy atom. The van der Waals surface area contributed by atoms with Gasteiger partial charge in [-0.1, -0.05) is 43.7 Å². The predicted molar refractivity (Wildman–Crippen MR) is 57.7 cm³/mol. The smallest absolute Gasteiger partial charge is 0.0131 e. The third-order valence-corrected chi connectivity index (χ3v) is 2.67. The van der Waals surface area contributed by atoms with Crippen LogP contribution in [-0.2, 0) is 0 Å². The van der Waals surface area contributed by atoms with Crippen molar-refractivity contribution >= 4 is 0 Å². The maximum atomic E-state index is 4.50. The highest BCUT2D eigenvalue weighted by Crippen LogP contribution is 2.49. The lowest BCUT2D eigenvalue weighted by atomic mass is 10.1. The van der Waals surface area contributed by atoms with Gasteiger partial charge in [-0.2, -0.15) is 0 Å². The van der Waals surface area contributed by atoms with Crippen LogP contribution in [0.15, 0.2) is 30.3 Å². The first-order valence-corrected chi connectivity index (χ1v) is 5.04. The molecule has 0 aliphatic heterocycles. The minimum Gasteiger partial charge on any atom is -0.333 e.